The van der Waals surface area contributed by atoms with E-state index in [1.165, 1.54) is 0 Å². The second-order valence-electron chi connectivity index (χ2n) is 4.89. The van der Waals surface area contributed by atoms with Gasteiger partial charge < -0.3 is 10.0 Å². The summed E-state index contributed by atoms with van der Waals surface area (Å²) < 4.78 is 0.882. The molecule has 1 amide bonds. The Morgan fingerprint density at radius 3 is 2.72 bits per heavy atom. The number of benzene rings is 1. The molecule has 0 aliphatic carbocycles. The van der Waals surface area contributed by atoms with Crippen molar-refractivity contribution in [3.05, 3.63) is 28.2 Å². The molecule has 0 saturated heterocycles. The highest BCUT2D eigenvalue weighted by Gasteiger charge is 2.43. The summed E-state index contributed by atoms with van der Waals surface area (Å²) in [5.41, 5.74) is 1.16. The van der Waals surface area contributed by atoms with Crippen LogP contribution >= 0.6 is 15.9 Å². The summed E-state index contributed by atoms with van der Waals surface area (Å²) in [7, 11) is 0. The van der Waals surface area contributed by atoms with Gasteiger partial charge in [-0.2, -0.15) is 0 Å². The zero-order valence-electron chi connectivity index (χ0n) is 10.2. The minimum atomic E-state index is -0.899. The van der Waals surface area contributed by atoms with Crippen molar-refractivity contribution in [1.29, 1.82) is 0 Å². The van der Waals surface area contributed by atoms with Crippen molar-refractivity contribution in [2.75, 3.05) is 11.4 Å². The van der Waals surface area contributed by atoms with Crippen LogP contribution in [0.25, 0.3) is 0 Å². The predicted molar refractivity (Wildman–Crippen MR) is 71.8 cm³/mol. The molecular formula is C13H14BrNO3. The summed E-state index contributed by atoms with van der Waals surface area (Å²) in [6, 6.07) is 5.68. The van der Waals surface area contributed by atoms with E-state index in [2.05, 4.69) is 15.9 Å². The first-order valence-electron chi connectivity index (χ1n) is 5.68. The van der Waals surface area contributed by atoms with Gasteiger partial charge in [0.1, 0.15) is 0 Å². The van der Waals surface area contributed by atoms with Gasteiger partial charge in [0, 0.05) is 16.7 Å². The number of carboxylic acid groups (broad SMARTS) is 1. The molecule has 2 rings (SSSR count). The van der Waals surface area contributed by atoms with E-state index in [9.17, 15) is 9.59 Å². The molecular weight excluding hydrogens is 298 g/mol. The Morgan fingerprint density at radius 2 is 2.11 bits per heavy atom. The lowest BCUT2D eigenvalue weighted by atomic mass is 9.86. The van der Waals surface area contributed by atoms with E-state index in [0.29, 0.717) is 0 Å². The van der Waals surface area contributed by atoms with Gasteiger partial charge in [0.05, 0.1) is 11.8 Å². The van der Waals surface area contributed by atoms with Gasteiger partial charge >= 0.3 is 5.97 Å². The first-order chi connectivity index (χ1) is 8.34. The molecule has 1 aliphatic heterocycles. The van der Waals surface area contributed by atoms with Gasteiger partial charge in [-0.1, -0.05) is 22.0 Å². The molecule has 0 saturated carbocycles. The van der Waals surface area contributed by atoms with Crippen molar-refractivity contribution in [2.24, 2.45) is 0 Å². The van der Waals surface area contributed by atoms with Crippen molar-refractivity contribution in [3.63, 3.8) is 0 Å². The number of rotatable bonds is 3. The lowest BCUT2D eigenvalue weighted by molar-refractivity contribution is -0.136. The van der Waals surface area contributed by atoms with Gasteiger partial charge in [-0.3, -0.25) is 9.59 Å². The lowest BCUT2D eigenvalue weighted by Gasteiger charge is -2.19. The summed E-state index contributed by atoms with van der Waals surface area (Å²) in [5.74, 6) is -0.944. The van der Waals surface area contributed by atoms with Crippen LogP contribution in [0.5, 0.6) is 0 Å². The molecule has 96 valence electrons. The van der Waals surface area contributed by atoms with Crippen LogP contribution in [0.1, 0.15) is 25.8 Å². The molecule has 0 spiro atoms. The van der Waals surface area contributed by atoms with E-state index in [1.54, 1.807) is 4.90 Å². The number of carbonyl (C=O) groups is 2. The standard InChI is InChI=1S/C13H14BrNO3/c1-13(2)9-4-3-8(14)7-10(9)15(12(13)18)6-5-11(16)17/h3-4,7H,5-6H2,1-2H3,(H,16,17). The molecule has 1 aromatic rings. The minimum Gasteiger partial charge on any atom is -0.481 e. The van der Waals surface area contributed by atoms with Crippen LogP contribution in [0.15, 0.2) is 22.7 Å². The molecule has 1 N–H and O–H groups in total. The zero-order chi connectivity index (χ0) is 13.5. The topological polar surface area (TPSA) is 57.6 Å². The van der Waals surface area contributed by atoms with Crippen molar-refractivity contribution >= 4 is 33.5 Å². The van der Waals surface area contributed by atoms with E-state index in [-0.39, 0.29) is 18.9 Å². The zero-order valence-corrected chi connectivity index (χ0v) is 11.8. The minimum absolute atomic E-state index is 0.0446. The molecule has 4 nitrogen and oxygen atoms in total. The van der Waals surface area contributed by atoms with Crippen LogP contribution in [-0.2, 0) is 15.0 Å². The van der Waals surface area contributed by atoms with Crippen LogP contribution < -0.4 is 4.90 Å². The fourth-order valence-electron chi connectivity index (χ4n) is 2.25. The molecule has 0 unspecified atom stereocenters. The maximum Gasteiger partial charge on any atom is 0.305 e. The van der Waals surface area contributed by atoms with Crippen molar-refractivity contribution < 1.29 is 14.7 Å². The Labute approximate surface area is 114 Å². The molecule has 1 heterocycles. The Kier molecular flexibility index (Phi) is 3.19. The van der Waals surface area contributed by atoms with Crippen LogP contribution in [0.2, 0.25) is 0 Å². The second-order valence-corrected chi connectivity index (χ2v) is 5.80. The Bertz CT molecular complexity index is 525. The number of nitrogens with zero attached hydrogens (tertiary/aromatic N) is 1. The first kappa shape index (κ1) is 13.1. The first-order valence-corrected chi connectivity index (χ1v) is 6.47. The molecule has 0 bridgehead atoms. The molecule has 5 heteroatoms. The summed E-state index contributed by atoms with van der Waals surface area (Å²) in [4.78, 5) is 24.5. The number of halogens is 1. The van der Waals surface area contributed by atoms with Gasteiger partial charge in [-0.25, -0.2) is 0 Å². The van der Waals surface area contributed by atoms with Gasteiger partial charge in [0.2, 0.25) is 5.91 Å². The lowest BCUT2D eigenvalue weighted by Crippen LogP contribution is -2.37. The van der Waals surface area contributed by atoms with E-state index in [1.807, 2.05) is 32.0 Å². The van der Waals surface area contributed by atoms with Crippen molar-refractivity contribution in [1.82, 2.24) is 0 Å². The molecule has 1 aliphatic rings. The number of hydrogen-bond donors (Lipinski definition) is 1. The fourth-order valence-corrected chi connectivity index (χ4v) is 2.60. The highest BCUT2D eigenvalue weighted by atomic mass is 79.9. The smallest absolute Gasteiger partial charge is 0.305 e. The number of hydrogen-bond acceptors (Lipinski definition) is 2. The fraction of sp³-hybridized carbons (Fsp3) is 0.385. The number of aliphatic carboxylic acids is 1. The molecule has 1 aromatic carbocycles. The van der Waals surface area contributed by atoms with Gasteiger partial charge in [-0.15, -0.1) is 0 Å². The summed E-state index contributed by atoms with van der Waals surface area (Å²) in [6.45, 7) is 3.94. The monoisotopic (exact) mass is 311 g/mol. The normalized spacial score (nSPS) is 16.8. The second kappa shape index (κ2) is 4.39. The van der Waals surface area contributed by atoms with Gasteiger partial charge in [-0.05, 0) is 31.5 Å². The Hall–Kier alpha value is -1.36. The average Bonchev–Trinajstić information content (AvgIpc) is 2.45. The van der Waals surface area contributed by atoms with Crippen LogP contribution in [-0.4, -0.2) is 23.5 Å². The number of anilines is 1. The predicted octanol–water partition coefficient (Wildman–Crippen LogP) is 2.55. The average molecular weight is 312 g/mol. The maximum atomic E-state index is 12.3. The Balaban J connectivity index is 2.42. The van der Waals surface area contributed by atoms with Crippen LogP contribution in [0, 0.1) is 0 Å². The third-order valence-electron chi connectivity index (χ3n) is 3.25. The molecule has 0 fully saturated rings. The molecule has 0 aromatic heterocycles. The maximum absolute atomic E-state index is 12.3. The number of carbonyl (C=O) groups excluding carboxylic acids is 1. The number of carboxylic acids is 1. The largest absolute Gasteiger partial charge is 0.481 e. The quantitative estimate of drug-likeness (QED) is 0.933. The highest BCUT2D eigenvalue weighted by molar-refractivity contribution is 9.10. The molecule has 0 radical (unpaired) electrons. The third kappa shape index (κ3) is 2.03. The van der Waals surface area contributed by atoms with Crippen LogP contribution in [0.3, 0.4) is 0 Å². The van der Waals surface area contributed by atoms with Crippen molar-refractivity contribution in [3.8, 4) is 0 Å². The molecule has 0 atom stereocenters. The SMILES string of the molecule is CC1(C)C(=O)N(CCC(=O)O)c2cc(Br)ccc21. The summed E-state index contributed by atoms with van der Waals surface area (Å²) in [5, 5.41) is 8.75. The number of amides is 1. The Morgan fingerprint density at radius 1 is 1.44 bits per heavy atom. The highest BCUT2D eigenvalue weighted by Crippen LogP contribution is 2.42. The van der Waals surface area contributed by atoms with Crippen molar-refractivity contribution in [2.45, 2.75) is 25.7 Å². The summed E-state index contributed by atoms with van der Waals surface area (Å²) in [6.07, 6.45) is -0.0478. The summed E-state index contributed by atoms with van der Waals surface area (Å²) >= 11 is 3.38. The molecule has 18 heavy (non-hydrogen) atoms. The van der Waals surface area contributed by atoms with E-state index in [0.717, 1.165) is 15.7 Å². The van der Waals surface area contributed by atoms with E-state index >= 15 is 0 Å². The number of fused-ring (bicyclic) bond motifs is 1. The van der Waals surface area contributed by atoms with Gasteiger partial charge in [0.25, 0.3) is 0 Å². The third-order valence-corrected chi connectivity index (χ3v) is 3.75. The van der Waals surface area contributed by atoms with E-state index < -0.39 is 11.4 Å². The van der Waals surface area contributed by atoms with E-state index in [4.69, 9.17) is 5.11 Å². The van der Waals surface area contributed by atoms with Gasteiger partial charge in [0.15, 0.2) is 0 Å². The van der Waals surface area contributed by atoms with Crippen LogP contribution in [0.4, 0.5) is 5.69 Å².